The molecule has 23 heavy (non-hydrogen) atoms. The number of thioether (sulfide) groups is 1. The summed E-state index contributed by atoms with van der Waals surface area (Å²) in [6, 6.07) is 14.3. The van der Waals surface area contributed by atoms with Gasteiger partial charge in [-0.1, -0.05) is 36.4 Å². The van der Waals surface area contributed by atoms with Crippen molar-refractivity contribution in [2.45, 2.75) is 6.61 Å². The second kappa shape index (κ2) is 6.58. The van der Waals surface area contributed by atoms with Gasteiger partial charge in [-0.05, 0) is 41.1 Å². The third-order valence-electron chi connectivity index (χ3n) is 3.16. The molecule has 116 valence electrons. The summed E-state index contributed by atoms with van der Waals surface area (Å²) in [5.74, 6) is -0.0829. The number of ether oxygens (including phenoxy) is 1. The number of benzene rings is 2. The maximum Gasteiger partial charge on any atom is 0.290 e. The summed E-state index contributed by atoms with van der Waals surface area (Å²) in [4.78, 5) is 23.0. The summed E-state index contributed by atoms with van der Waals surface area (Å²) >= 11 is 0.847. The van der Waals surface area contributed by atoms with Gasteiger partial charge in [0.05, 0.1) is 4.91 Å². The van der Waals surface area contributed by atoms with E-state index >= 15 is 0 Å². The van der Waals surface area contributed by atoms with Crippen molar-refractivity contribution in [2.24, 2.45) is 0 Å². The number of hydrogen-bond donors (Lipinski definition) is 2. The van der Waals surface area contributed by atoms with Gasteiger partial charge in [0.2, 0.25) is 0 Å². The molecule has 0 spiro atoms. The lowest BCUT2D eigenvalue weighted by Gasteiger charge is -2.09. The van der Waals surface area contributed by atoms with E-state index in [9.17, 15) is 14.7 Å². The largest absolute Gasteiger partial charge is 0.504 e. The lowest BCUT2D eigenvalue weighted by molar-refractivity contribution is -0.115. The zero-order valence-electron chi connectivity index (χ0n) is 12.0. The monoisotopic (exact) mass is 327 g/mol. The molecule has 2 aromatic carbocycles. The number of amides is 2. The SMILES string of the molecule is O=C1NC(=O)/C(=C\c2ccc(O)c(OCc3ccccc3)c2)S1. The van der Waals surface area contributed by atoms with Crippen LogP contribution in [0.1, 0.15) is 11.1 Å². The first-order valence-electron chi connectivity index (χ1n) is 6.86. The molecule has 1 fully saturated rings. The van der Waals surface area contributed by atoms with Crippen molar-refractivity contribution in [3.8, 4) is 11.5 Å². The van der Waals surface area contributed by atoms with Gasteiger partial charge >= 0.3 is 0 Å². The Morgan fingerprint density at radius 3 is 2.61 bits per heavy atom. The summed E-state index contributed by atoms with van der Waals surface area (Å²) in [7, 11) is 0. The summed E-state index contributed by atoms with van der Waals surface area (Å²) < 4.78 is 5.62. The van der Waals surface area contributed by atoms with Gasteiger partial charge in [0.25, 0.3) is 11.1 Å². The van der Waals surface area contributed by atoms with E-state index in [0.29, 0.717) is 22.8 Å². The number of carbonyl (C=O) groups excluding carboxylic acids is 2. The zero-order chi connectivity index (χ0) is 16.2. The predicted molar refractivity (Wildman–Crippen MR) is 88.0 cm³/mol. The predicted octanol–water partition coefficient (Wildman–Crippen LogP) is 3.30. The van der Waals surface area contributed by atoms with Crippen LogP contribution in [0.2, 0.25) is 0 Å². The summed E-state index contributed by atoms with van der Waals surface area (Å²) in [5, 5.41) is 11.7. The smallest absolute Gasteiger partial charge is 0.290 e. The second-order valence-corrected chi connectivity index (χ2v) is 5.87. The van der Waals surface area contributed by atoms with Crippen LogP contribution in [0.3, 0.4) is 0 Å². The Morgan fingerprint density at radius 1 is 1.13 bits per heavy atom. The fourth-order valence-corrected chi connectivity index (χ4v) is 2.73. The quantitative estimate of drug-likeness (QED) is 0.843. The Kier molecular flexibility index (Phi) is 4.34. The van der Waals surface area contributed by atoms with Gasteiger partial charge in [0.1, 0.15) is 6.61 Å². The van der Waals surface area contributed by atoms with Gasteiger partial charge in [0.15, 0.2) is 11.5 Å². The van der Waals surface area contributed by atoms with Gasteiger partial charge in [0, 0.05) is 0 Å². The molecule has 1 aliphatic rings. The van der Waals surface area contributed by atoms with E-state index in [4.69, 9.17) is 4.74 Å². The topological polar surface area (TPSA) is 75.6 Å². The van der Waals surface area contributed by atoms with Gasteiger partial charge in [-0.25, -0.2) is 0 Å². The van der Waals surface area contributed by atoms with Gasteiger partial charge in [-0.3, -0.25) is 14.9 Å². The van der Waals surface area contributed by atoms with E-state index in [0.717, 1.165) is 17.3 Å². The molecule has 0 saturated carbocycles. The average molecular weight is 327 g/mol. The molecule has 0 aromatic heterocycles. The van der Waals surface area contributed by atoms with E-state index in [2.05, 4.69) is 5.32 Å². The number of hydrogen-bond acceptors (Lipinski definition) is 5. The Hall–Kier alpha value is -2.73. The molecule has 1 aliphatic heterocycles. The third-order valence-corrected chi connectivity index (χ3v) is 3.97. The number of imide groups is 1. The molecule has 0 atom stereocenters. The molecular weight excluding hydrogens is 314 g/mol. The van der Waals surface area contributed by atoms with Crippen molar-refractivity contribution < 1.29 is 19.4 Å². The van der Waals surface area contributed by atoms with E-state index in [1.807, 2.05) is 30.3 Å². The lowest BCUT2D eigenvalue weighted by Crippen LogP contribution is -2.17. The maximum absolute atomic E-state index is 11.5. The average Bonchev–Trinajstić information content (AvgIpc) is 2.86. The van der Waals surface area contributed by atoms with Crippen LogP contribution in [-0.4, -0.2) is 16.3 Å². The first-order chi connectivity index (χ1) is 11.1. The summed E-state index contributed by atoms with van der Waals surface area (Å²) in [5.41, 5.74) is 1.64. The summed E-state index contributed by atoms with van der Waals surface area (Å²) in [6.07, 6.45) is 1.58. The number of phenols is 1. The Morgan fingerprint density at radius 2 is 1.91 bits per heavy atom. The molecule has 1 heterocycles. The van der Waals surface area contributed by atoms with Gasteiger partial charge in [-0.15, -0.1) is 0 Å². The van der Waals surface area contributed by atoms with E-state index < -0.39 is 5.91 Å². The molecule has 1 saturated heterocycles. The fraction of sp³-hybridized carbons (Fsp3) is 0.0588. The Balaban J connectivity index is 1.78. The lowest BCUT2D eigenvalue weighted by atomic mass is 10.2. The minimum absolute atomic E-state index is 0.0164. The van der Waals surface area contributed by atoms with E-state index in [-0.39, 0.29) is 11.0 Å². The molecule has 0 unspecified atom stereocenters. The van der Waals surface area contributed by atoms with E-state index in [1.54, 1.807) is 18.2 Å². The molecule has 0 radical (unpaired) electrons. The normalized spacial score (nSPS) is 15.7. The van der Waals surface area contributed by atoms with Crippen molar-refractivity contribution in [3.63, 3.8) is 0 Å². The van der Waals surface area contributed by atoms with Crippen LogP contribution >= 0.6 is 11.8 Å². The number of nitrogens with one attached hydrogen (secondary N) is 1. The Labute approximate surface area is 137 Å². The minimum atomic E-state index is -0.417. The van der Waals surface area contributed by atoms with Crippen molar-refractivity contribution in [2.75, 3.05) is 0 Å². The molecule has 3 rings (SSSR count). The molecule has 0 bridgehead atoms. The van der Waals surface area contributed by atoms with Gasteiger partial charge in [-0.2, -0.15) is 0 Å². The summed E-state index contributed by atoms with van der Waals surface area (Å²) in [6.45, 7) is 0.322. The van der Waals surface area contributed by atoms with Crippen LogP contribution in [-0.2, 0) is 11.4 Å². The number of carbonyl (C=O) groups is 2. The van der Waals surface area contributed by atoms with Crippen molar-refractivity contribution in [1.29, 1.82) is 0 Å². The minimum Gasteiger partial charge on any atom is -0.504 e. The Bertz CT molecular complexity index is 786. The molecule has 2 amide bonds. The maximum atomic E-state index is 11.5. The first kappa shape index (κ1) is 15.2. The highest BCUT2D eigenvalue weighted by Gasteiger charge is 2.25. The van der Waals surface area contributed by atoms with Crippen molar-refractivity contribution in [3.05, 3.63) is 64.6 Å². The fourth-order valence-electron chi connectivity index (χ4n) is 2.04. The van der Waals surface area contributed by atoms with E-state index in [1.165, 1.54) is 6.07 Å². The van der Waals surface area contributed by atoms with Crippen LogP contribution < -0.4 is 10.1 Å². The first-order valence-corrected chi connectivity index (χ1v) is 7.68. The molecule has 2 aromatic rings. The standard InChI is InChI=1S/C17H13NO4S/c19-13-7-6-12(9-15-16(20)18-17(21)23-15)8-14(13)22-10-11-4-2-1-3-5-11/h1-9,19H,10H2,(H,18,20,21)/b15-9+. The number of aromatic hydroxyl groups is 1. The number of phenolic OH excluding ortho intramolecular Hbond substituents is 1. The van der Waals surface area contributed by atoms with Crippen LogP contribution in [0.4, 0.5) is 4.79 Å². The highest BCUT2D eigenvalue weighted by molar-refractivity contribution is 8.18. The van der Waals surface area contributed by atoms with Crippen LogP contribution in [0, 0.1) is 0 Å². The van der Waals surface area contributed by atoms with Crippen LogP contribution in [0.5, 0.6) is 11.5 Å². The number of rotatable bonds is 4. The molecule has 6 heteroatoms. The van der Waals surface area contributed by atoms with Gasteiger partial charge < -0.3 is 9.84 Å². The molecule has 5 nitrogen and oxygen atoms in total. The molecule has 0 aliphatic carbocycles. The van der Waals surface area contributed by atoms with Crippen LogP contribution in [0.15, 0.2) is 53.4 Å². The third kappa shape index (κ3) is 3.73. The highest BCUT2D eigenvalue weighted by atomic mass is 32.2. The highest BCUT2D eigenvalue weighted by Crippen LogP contribution is 2.31. The second-order valence-electron chi connectivity index (χ2n) is 4.85. The molecule has 2 N–H and O–H groups in total. The van der Waals surface area contributed by atoms with Crippen LogP contribution in [0.25, 0.3) is 6.08 Å². The van der Waals surface area contributed by atoms with Crippen molar-refractivity contribution >= 4 is 29.0 Å². The zero-order valence-corrected chi connectivity index (χ0v) is 12.8. The van der Waals surface area contributed by atoms with Crippen molar-refractivity contribution in [1.82, 2.24) is 5.32 Å². The molecular formula is C17H13NO4S.